The van der Waals surface area contributed by atoms with E-state index in [4.69, 9.17) is 33.9 Å². The molecule has 2 N–H and O–H groups in total. The van der Waals surface area contributed by atoms with E-state index in [0.29, 0.717) is 13.2 Å². The Balaban J connectivity index is -0.000000353. The minimum atomic E-state index is -0.482. The Morgan fingerprint density at radius 3 is 1.72 bits per heavy atom. The molecule has 0 aromatic heterocycles. The first kappa shape index (κ1) is 29.0. The van der Waals surface area contributed by atoms with Gasteiger partial charge in [-0.1, -0.05) is 0 Å². The van der Waals surface area contributed by atoms with E-state index in [9.17, 15) is 4.79 Å². The molecular formula is C17H38O8. The van der Waals surface area contributed by atoms with Crippen LogP contribution in [0.2, 0.25) is 0 Å². The lowest BCUT2D eigenvalue weighted by atomic mass is 10.4. The summed E-state index contributed by atoms with van der Waals surface area (Å²) in [6.07, 6.45) is -0.333. The van der Waals surface area contributed by atoms with Crippen LogP contribution in [0.5, 0.6) is 0 Å². The molecule has 0 amide bonds. The van der Waals surface area contributed by atoms with Crippen molar-refractivity contribution < 1.29 is 38.7 Å². The molecule has 25 heavy (non-hydrogen) atoms. The van der Waals surface area contributed by atoms with E-state index in [1.54, 1.807) is 28.1 Å². The van der Waals surface area contributed by atoms with Gasteiger partial charge in [0.15, 0.2) is 0 Å². The molecule has 0 bridgehead atoms. The maximum absolute atomic E-state index is 10.4. The first-order valence-electron chi connectivity index (χ1n) is 8.23. The van der Waals surface area contributed by atoms with Crippen LogP contribution in [0.25, 0.3) is 0 Å². The summed E-state index contributed by atoms with van der Waals surface area (Å²) >= 11 is 0. The fourth-order valence-corrected chi connectivity index (χ4v) is 1.24. The first-order chi connectivity index (χ1) is 11.7. The van der Waals surface area contributed by atoms with Gasteiger partial charge >= 0.3 is 5.97 Å². The summed E-state index contributed by atoms with van der Waals surface area (Å²) < 4.78 is 25.1. The predicted molar refractivity (Wildman–Crippen MR) is 95.6 cm³/mol. The van der Waals surface area contributed by atoms with E-state index in [0.717, 1.165) is 7.11 Å². The zero-order chi connectivity index (χ0) is 20.3. The molecule has 154 valence electrons. The van der Waals surface area contributed by atoms with Gasteiger partial charge in [-0.2, -0.15) is 0 Å². The highest BCUT2D eigenvalue weighted by molar-refractivity contribution is 5.65. The minimum absolute atomic E-state index is 0.151. The monoisotopic (exact) mass is 370 g/mol. The van der Waals surface area contributed by atoms with Gasteiger partial charge in [-0.15, -0.1) is 0 Å². The molecule has 0 aliphatic heterocycles. The van der Waals surface area contributed by atoms with Crippen LogP contribution in [0, 0.1) is 0 Å². The van der Waals surface area contributed by atoms with Crippen molar-refractivity contribution in [3.05, 3.63) is 0 Å². The highest BCUT2D eigenvalue weighted by atomic mass is 16.6. The van der Waals surface area contributed by atoms with Crippen molar-refractivity contribution >= 4 is 5.97 Å². The van der Waals surface area contributed by atoms with Crippen LogP contribution in [0.4, 0.5) is 0 Å². The lowest BCUT2D eigenvalue weighted by Crippen LogP contribution is -2.22. The van der Waals surface area contributed by atoms with Crippen LogP contribution >= 0.6 is 0 Å². The fourth-order valence-electron chi connectivity index (χ4n) is 1.24. The van der Waals surface area contributed by atoms with E-state index < -0.39 is 6.10 Å². The molecule has 0 fully saturated rings. The lowest BCUT2D eigenvalue weighted by molar-refractivity contribution is -0.145. The molecule has 0 radical (unpaired) electrons. The second-order valence-electron chi connectivity index (χ2n) is 5.44. The van der Waals surface area contributed by atoms with Crippen LogP contribution in [0.15, 0.2) is 0 Å². The second kappa shape index (κ2) is 21.3. The predicted octanol–water partition coefficient (Wildman–Crippen LogP) is 1.02. The summed E-state index contributed by atoms with van der Waals surface area (Å²) in [6, 6.07) is 0. The van der Waals surface area contributed by atoms with Gasteiger partial charge in [0.2, 0.25) is 0 Å². The number of carbonyl (C=O) groups is 1. The summed E-state index contributed by atoms with van der Waals surface area (Å²) in [7, 11) is 4.34. The topological polar surface area (TPSA) is 104 Å². The van der Waals surface area contributed by atoms with Gasteiger partial charge < -0.3 is 33.9 Å². The van der Waals surface area contributed by atoms with Crippen molar-refractivity contribution in [1.29, 1.82) is 0 Å². The molecule has 0 saturated heterocycles. The number of ether oxygens (including phenoxy) is 5. The standard InChI is InChI=1S/C8H16O4.C8H18O3.CH4O/c1-6(9)4-11-7(2)5-12-8(3)10;1-7(10-4)6-11-8(2)5-9-3;1-2/h6-7,9H,4-5H2,1-3H3;7-8H,5-6H2,1-4H3;2H,1H3. The quantitative estimate of drug-likeness (QED) is 0.520. The first-order valence-corrected chi connectivity index (χ1v) is 8.23. The number of hydrogen-bond donors (Lipinski definition) is 2. The van der Waals surface area contributed by atoms with Crippen molar-refractivity contribution in [3.63, 3.8) is 0 Å². The zero-order valence-corrected chi connectivity index (χ0v) is 17.0. The van der Waals surface area contributed by atoms with Crippen molar-refractivity contribution in [2.45, 2.75) is 59.0 Å². The Morgan fingerprint density at radius 2 is 1.32 bits per heavy atom. The molecule has 8 nitrogen and oxygen atoms in total. The SMILES string of the molecule is CC(=O)OCC(C)OCC(C)O.CO.COCC(C)OCC(C)OC. The van der Waals surface area contributed by atoms with E-state index >= 15 is 0 Å². The fraction of sp³-hybridized carbons (Fsp3) is 0.941. The molecule has 4 atom stereocenters. The van der Waals surface area contributed by atoms with E-state index in [-0.39, 0.29) is 37.5 Å². The summed E-state index contributed by atoms with van der Waals surface area (Å²) in [4.78, 5) is 10.4. The van der Waals surface area contributed by atoms with Crippen molar-refractivity contribution in [2.75, 3.05) is 47.8 Å². The third kappa shape index (κ3) is 28.3. The molecule has 0 saturated carbocycles. The average Bonchev–Trinajstić information content (AvgIpc) is 2.58. The summed E-state index contributed by atoms with van der Waals surface area (Å²) in [5, 5.41) is 15.8. The molecule has 0 heterocycles. The van der Waals surface area contributed by atoms with Gasteiger partial charge in [0.25, 0.3) is 0 Å². The summed E-state index contributed by atoms with van der Waals surface area (Å²) in [5.74, 6) is -0.317. The van der Waals surface area contributed by atoms with Crippen LogP contribution in [-0.4, -0.2) is 88.4 Å². The van der Waals surface area contributed by atoms with Gasteiger partial charge in [-0.25, -0.2) is 0 Å². The Kier molecular flexibility index (Phi) is 24.7. The van der Waals surface area contributed by atoms with Crippen LogP contribution in [0.1, 0.15) is 34.6 Å². The van der Waals surface area contributed by atoms with E-state index in [1.165, 1.54) is 6.92 Å². The molecule has 0 spiro atoms. The van der Waals surface area contributed by atoms with Gasteiger partial charge in [0.1, 0.15) is 6.61 Å². The van der Waals surface area contributed by atoms with Gasteiger partial charge in [0, 0.05) is 28.3 Å². The van der Waals surface area contributed by atoms with Crippen LogP contribution in [0.3, 0.4) is 0 Å². The molecule has 0 rings (SSSR count). The number of esters is 1. The maximum atomic E-state index is 10.4. The Hall–Kier alpha value is -0.770. The number of aliphatic hydroxyl groups excluding tert-OH is 2. The average molecular weight is 370 g/mol. The van der Waals surface area contributed by atoms with Gasteiger partial charge in [-0.05, 0) is 27.7 Å². The Labute approximate surface area is 152 Å². The van der Waals surface area contributed by atoms with Crippen molar-refractivity contribution in [3.8, 4) is 0 Å². The molecule has 8 heteroatoms. The smallest absolute Gasteiger partial charge is 0.302 e. The van der Waals surface area contributed by atoms with Crippen LogP contribution < -0.4 is 0 Å². The Bertz CT molecular complexity index is 273. The number of rotatable bonds is 11. The van der Waals surface area contributed by atoms with E-state index in [1.807, 2.05) is 13.8 Å². The van der Waals surface area contributed by atoms with Crippen molar-refractivity contribution in [1.82, 2.24) is 0 Å². The van der Waals surface area contributed by atoms with Gasteiger partial charge in [0.05, 0.1) is 44.2 Å². The molecule has 0 aromatic carbocycles. The number of methoxy groups -OCH3 is 2. The normalized spacial score (nSPS) is 14.8. The number of carbonyl (C=O) groups excluding carboxylic acids is 1. The second-order valence-corrected chi connectivity index (χ2v) is 5.44. The summed E-state index contributed by atoms with van der Waals surface area (Å²) in [5.41, 5.74) is 0. The highest BCUT2D eigenvalue weighted by Gasteiger charge is 2.05. The van der Waals surface area contributed by atoms with Crippen molar-refractivity contribution in [2.24, 2.45) is 0 Å². The largest absolute Gasteiger partial charge is 0.463 e. The number of aliphatic hydroxyl groups is 2. The molecule has 0 aliphatic rings. The number of hydrogen-bond acceptors (Lipinski definition) is 8. The van der Waals surface area contributed by atoms with Gasteiger partial charge in [-0.3, -0.25) is 4.79 Å². The molecular weight excluding hydrogens is 332 g/mol. The summed E-state index contributed by atoms with van der Waals surface area (Å²) in [6.45, 7) is 10.5. The molecule has 4 unspecified atom stereocenters. The Morgan fingerprint density at radius 1 is 0.840 bits per heavy atom. The maximum Gasteiger partial charge on any atom is 0.302 e. The lowest BCUT2D eigenvalue weighted by Gasteiger charge is -2.14. The highest BCUT2D eigenvalue weighted by Crippen LogP contribution is 1.95. The molecule has 0 aromatic rings. The third-order valence-electron chi connectivity index (χ3n) is 2.56. The van der Waals surface area contributed by atoms with E-state index in [2.05, 4.69) is 0 Å². The third-order valence-corrected chi connectivity index (χ3v) is 2.56. The van der Waals surface area contributed by atoms with Crippen LogP contribution in [-0.2, 0) is 28.5 Å². The molecule has 0 aliphatic carbocycles. The minimum Gasteiger partial charge on any atom is -0.463 e. The zero-order valence-electron chi connectivity index (χ0n) is 17.0.